The third kappa shape index (κ3) is 3.31. The SMILES string of the molecule is CN1CCC(N(C)CC(N)c2cnn(C)c2)CC1. The lowest BCUT2D eigenvalue weighted by Crippen LogP contribution is -2.44. The van der Waals surface area contributed by atoms with Gasteiger partial charge in [-0.15, -0.1) is 0 Å². The molecule has 2 N–H and O–H groups in total. The number of likely N-dealkylation sites (N-methyl/N-ethyl adjacent to an activating group) is 1. The van der Waals surface area contributed by atoms with Crippen LogP contribution in [-0.2, 0) is 7.05 Å². The van der Waals surface area contributed by atoms with Crippen molar-refractivity contribution in [1.82, 2.24) is 19.6 Å². The van der Waals surface area contributed by atoms with E-state index in [2.05, 4.69) is 29.0 Å². The Hall–Kier alpha value is -0.910. The molecule has 18 heavy (non-hydrogen) atoms. The van der Waals surface area contributed by atoms with Crippen molar-refractivity contribution < 1.29 is 0 Å². The second-order valence-electron chi connectivity index (χ2n) is 5.53. The van der Waals surface area contributed by atoms with Gasteiger partial charge in [0, 0.05) is 37.4 Å². The minimum Gasteiger partial charge on any atom is -0.323 e. The van der Waals surface area contributed by atoms with Gasteiger partial charge >= 0.3 is 0 Å². The highest BCUT2D eigenvalue weighted by molar-refractivity contribution is 5.10. The standard InChI is InChI=1S/C13H25N5/c1-16-6-4-12(5-7-16)17(2)10-13(14)11-8-15-18(3)9-11/h8-9,12-13H,4-7,10,14H2,1-3H3. The molecule has 5 heteroatoms. The molecule has 1 unspecified atom stereocenters. The zero-order chi connectivity index (χ0) is 13.1. The molecule has 0 amide bonds. The maximum atomic E-state index is 6.24. The third-order valence-corrected chi connectivity index (χ3v) is 3.95. The number of hydrogen-bond donors (Lipinski definition) is 1. The molecule has 1 aliphatic heterocycles. The summed E-state index contributed by atoms with van der Waals surface area (Å²) in [6.45, 7) is 3.29. The quantitative estimate of drug-likeness (QED) is 0.844. The molecule has 1 fully saturated rings. The summed E-state index contributed by atoms with van der Waals surface area (Å²) < 4.78 is 1.81. The Morgan fingerprint density at radius 3 is 2.67 bits per heavy atom. The molecule has 0 bridgehead atoms. The Morgan fingerprint density at radius 1 is 1.44 bits per heavy atom. The average Bonchev–Trinajstić information content (AvgIpc) is 2.76. The van der Waals surface area contributed by atoms with Crippen molar-refractivity contribution in [3.8, 4) is 0 Å². The van der Waals surface area contributed by atoms with Crippen molar-refractivity contribution in [1.29, 1.82) is 0 Å². The van der Waals surface area contributed by atoms with Crippen LogP contribution in [-0.4, -0.2) is 59.4 Å². The fraction of sp³-hybridized carbons (Fsp3) is 0.769. The molecule has 0 aliphatic carbocycles. The van der Waals surface area contributed by atoms with Gasteiger partial charge in [0.2, 0.25) is 0 Å². The van der Waals surface area contributed by atoms with Crippen molar-refractivity contribution in [3.05, 3.63) is 18.0 Å². The minimum atomic E-state index is 0.0587. The second kappa shape index (κ2) is 5.82. The summed E-state index contributed by atoms with van der Waals surface area (Å²) in [5, 5.41) is 4.18. The topological polar surface area (TPSA) is 50.3 Å². The number of likely N-dealkylation sites (tertiary alicyclic amines) is 1. The van der Waals surface area contributed by atoms with Crippen LogP contribution in [0.15, 0.2) is 12.4 Å². The van der Waals surface area contributed by atoms with Crippen LogP contribution in [0, 0.1) is 0 Å². The van der Waals surface area contributed by atoms with E-state index in [1.54, 1.807) is 0 Å². The van der Waals surface area contributed by atoms with Gasteiger partial charge in [-0.3, -0.25) is 4.68 Å². The number of aryl methyl sites for hydroxylation is 1. The number of hydrogen-bond acceptors (Lipinski definition) is 4. The molecule has 1 aromatic heterocycles. The first-order valence-corrected chi connectivity index (χ1v) is 6.69. The van der Waals surface area contributed by atoms with Crippen LogP contribution in [0.2, 0.25) is 0 Å². The molecule has 0 aromatic carbocycles. The Kier molecular flexibility index (Phi) is 4.37. The van der Waals surface area contributed by atoms with E-state index in [0.29, 0.717) is 6.04 Å². The number of nitrogens with zero attached hydrogens (tertiary/aromatic N) is 4. The van der Waals surface area contributed by atoms with Gasteiger partial charge < -0.3 is 15.5 Å². The minimum absolute atomic E-state index is 0.0587. The molecule has 0 spiro atoms. The van der Waals surface area contributed by atoms with E-state index in [1.807, 2.05) is 24.1 Å². The number of aromatic nitrogens is 2. The molecule has 2 heterocycles. The molecule has 0 saturated carbocycles. The highest BCUT2D eigenvalue weighted by atomic mass is 15.2. The van der Waals surface area contributed by atoms with Crippen molar-refractivity contribution >= 4 is 0 Å². The number of rotatable bonds is 4. The van der Waals surface area contributed by atoms with Gasteiger partial charge in [0.05, 0.1) is 6.20 Å². The maximum absolute atomic E-state index is 6.24. The van der Waals surface area contributed by atoms with Crippen molar-refractivity contribution in [2.24, 2.45) is 12.8 Å². The highest BCUT2D eigenvalue weighted by Crippen LogP contribution is 2.17. The molecule has 5 nitrogen and oxygen atoms in total. The Labute approximate surface area is 110 Å². The van der Waals surface area contributed by atoms with Crippen LogP contribution in [0.25, 0.3) is 0 Å². The first-order chi connectivity index (χ1) is 8.56. The van der Waals surface area contributed by atoms with Gasteiger partial charge in [-0.05, 0) is 40.0 Å². The summed E-state index contributed by atoms with van der Waals surface area (Å²) in [4.78, 5) is 4.80. The van der Waals surface area contributed by atoms with Crippen molar-refractivity contribution in [2.45, 2.75) is 24.9 Å². The number of piperidine rings is 1. The van der Waals surface area contributed by atoms with Crippen LogP contribution in [0.3, 0.4) is 0 Å². The van der Waals surface area contributed by atoms with Crippen molar-refractivity contribution in [2.75, 3.05) is 33.7 Å². The first-order valence-electron chi connectivity index (χ1n) is 6.69. The summed E-state index contributed by atoms with van der Waals surface area (Å²) in [7, 11) is 6.31. The molecular formula is C13H25N5. The molecular weight excluding hydrogens is 226 g/mol. The lowest BCUT2D eigenvalue weighted by molar-refractivity contribution is 0.139. The Morgan fingerprint density at radius 2 is 2.11 bits per heavy atom. The predicted molar refractivity (Wildman–Crippen MR) is 73.3 cm³/mol. The Balaban J connectivity index is 1.85. The van der Waals surface area contributed by atoms with E-state index >= 15 is 0 Å². The lowest BCUT2D eigenvalue weighted by atomic mass is 10.0. The summed E-state index contributed by atoms with van der Waals surface area (Å²) >= 11 is 0. The van der Waals surface area contributed by atoms with Gasteiger partial charge in [0.1, 0.15) is 0 Å². The van der Waals surface area contributed by atoms with E-state index in [4.69, 9.17) is 5.73 Å². The normalized spacial score (nSPS) is 20.5. The molecule has 102 valence electrons. The van der Waals surface area contributed by atoms with Crippen LogP contribution in [0.5, 0.6) is 0 Å². The first kappa shape index (κ1) is 13.5. The second-order valence-corrected chi connectivity index (χ2v) is 5.53. The lowest BCUT2D eigenvalue weighted by Gasteiger charge is -2.36. The predicted octanol–water partition coefficient (Wildman–Crippen LogP) is 0.446. The van der Waals surface area contributed by atoms with Crippen LogP contribution in [0.4, 0.5) is 0 Å². The smallest absolute Gasteiger partial charge is 0.0537 e. The van der Waals surface area contributed by atoms with E-state index in [-0.39, 0.29) is 6.04 Å². The van der Waals surface area contributed by atoms with Gasteiger partial charge in [0.15, 0.2) is 0 Å². The monoisotopic (exact) mass is 251 g/mol. The third-order valence-electron chi connectivity index (χ3n) is 3.95. The van der Waals surface area contributed by atoms with E-state index in [1.165, 1.54) is 25.9 Å². The highest BCUT2D eigenvalue weighted by Gasteiger charge is 2.22. The summed E-state index contributed by atoms with van der Waals surface area (Å²) in [6.07, 6.45) is 6.36. The van der Waals surface area contributed by atoms with E-state index in [0.717, 1.165) is 12.1 Å². The molecule has 1 aromatic rings. The largest absolute Gasteiger partial charge is 0.323 e. The fourth-order valence-corrected chi connectivity index (χ4v) is 2.63. The molecule has 1 atom stereocenters. The molecule has 0 radical (unpaired) electrons. The maximum Gasteiger partial charge on any atom is 0.0537 e. The van der Waals surface area contributed by atoms with Crippen molar-refractivity contribution in [3.63, 3.8) is 0 Å². The molecule has 1 aliphatic rings. The molecule has 1 saturated heterocycles. The van der Waals surface area contributed by atoms with Gasteiger partial charge in [-0.25, -0.2) is 0 Å². The molecule has 2 rings (SSSR count). The zero-order valence-corrected chi connectivity index (χ0v) is 11.7. The van der Waals surface area contributed by atoms with E-state index < -0.39 is 0 Å². The summed E-state index contributed by atoms with van der Waals surface area (Å²) in [5.41, 5.74) is 7.36. The van der Waals surface area contributed by atoms with Crippen LogP contribution < -0.4 is 5.73 Å². The number of nitrogens with two attached hydrogens (primary N) is 1. The van der Waals surface area contributed by atoms with Crippen LogP contribution in [0.1, 0.15) is 24.4 Å². The van der Waals surface area contributed by atoms with Gasteiger partial charge in [0.25, 0.3) is 0 Å². The average molecular weight is 251 g/mol. The Bertz CT molecular complexity index is 367. The fourth-order valence-electron chi connectivity index (χ4n) is 2.63. The summed E-state index contributed by atoms with van der Waals surface area (Å²) in [6, 6.07) is 0.729. The van der Waals surface area contributed by atoms with Gasteiger partial charge in [-0.1, -0.05) is 0 Å². The van der Waals surface area contributed by atoms with E-state index in [9.17, 15) is 0 Å². The van der Waals surface area contributed by atoms with Gasteiger partial charge in [-0.2, -0.15) is 5.10 Å². The zero-order valence-electron chi connectivity index (χ0n) is 11.7. The summed E-state index contributed by atoms with van der Waals surface area (Å²) in [5.74, 6) is 0. The van der Waals surface area contributed by atoms with Crippen LogP contribution >= 0.6 is 0 Å².